The molecule has 6 heteroatoms. The average molecular weight is 294 g/mol. The summed E-state index contributed by atoms with van der Waals surface area (Å²) in [6.45, 7) is 4.02. The number of nitrogens with zero attached hydrogens (tertiary/aromatic N) is 3. The van der Waals surface area contributed by atoms with Crippen LogP contribution in [0, 0.1) is 24.7 Å². The molecular weight excluding hydrogens is 278 g/mol. The van der Waals surface area contributed by atoms with E-state index in [1.807, 2.05) is 0 Å². The van der Waals surface area contributed by atoms with Crippen LogP contribution in [0.3, 0.4) is 0 Å². The summed E-state index contributed by atoms with van der Waals surface area (Å²) < 4.78 is 0. The number of aromatic nitrogens is 2. The van der Waals surface area contributed by atoms with Gasteiger partial charge < -0.3 is 0 Å². The van der Waals surface area contributed by atoms with Crippen molar-refractivity contribution in [2.75, 3.05) is 0 Å². The third-order valence-corrected chi connectivity index (χ3v) is 4.33. The number of imide groups is 1. The van der Waals surface area contributed by atoms with Gasteiger partial charge in [-0.2, -0.15) is 0 Å². The summed E-state index contributed by atoms with van der Waals surface area (Å²) in [6, 6.07) is 1.65. The molecule has 0 radical (unpaired) electrons. The third-order valence-electron chi connectivity index (χ3n) is 4.13. The van der Waals surface area contributed by atoms with Gasteiger partial charge in [0.1, 0.15) is 11.0 Å². The molecule has 20 heavy (non-hydrogen) atoms. The lowest BCUT2D eigenvalue weighted by Gasteiger charge is -2.16. The van der Waals surface area contributed by atoms with E-state index in [2.05, 4.69) is 16.9 Å². The number of amides is 2. The minimum absolute atomic E-state index is 0.0782. The number of likely N-dealkylation sites (tertiary alicyclic amines) is 1. The Bertz CT molecular complexity index is 546. The van der Waals surface area contributed by atoms with Gasteiger partial charge in [0.15, 0.2) is 0 Å². The summed E-state index contributed by atoms with van der Waals surface area (Å²) in [5.41, 5.74) is 0.730. The molecule has 0 spiro atoms. The first kappa shape index (κ1) is 13.5. The van der Waals surface area contributed by atoms with E-state index in [9.17, 15) is 9.59 Å². The Morgan fingerprint density at radius 3 is 2.40 bits per heavy atom. The molecule has 1 aromatic rings. The highest BCUT2D eigenvalue weighted by Gasteiger charge is 2.51. The first-order valence-electron chi connectivity index (χ1n) is 6.81. The van der Waals surface area contributed by atoms with Crippen molar-refractivity contribution < 1.29 is 9.59 Å². The zero-order chi connectivity index (χ0) is 14.4. The maximum Gasteiger partial charge on any atom is 0.233 e. The first-order valence-corrected chi connectivity index (χ1v) is 7.18. The van der Waals surface area contributed by atoms with Crippen molar-refractivity contribution in [3.05, 3.63) is 22.7 Å². The fraction of sp³-hybridized carbons (Fsp3) is 0.571. The van der Waals surface area contributed by atoms with E-state index in [-0.39, 0.29) is 30.2 Å². The van der Waals surface area contributed by atoms with Crippen molar-refractivity contribution in [1.29, 1.82) is 0 Å². The van der Waals surface area contributed by atoms with Gasteiger partial charge in [-0.15, -0.1) is 0 Å². The van der Waals surface area contributed by atoms with E-state index in [0.29, 0.717) is 16.9 Å². The Morgan fingerprint density at radius 2 is 1.85 bits per heavy atom. The highest BCUT2D eigenvalue weighted by Crippen LogP contribution is 2.43. The Morgan fingerprint density at radius 1 is 1.25 bits per heavy atom. The van der Waals surface area contributed by atoms with Crippen LogP contribution >= 0.6 is 11.6 Å². The summed E-state index contributed by atoms with van der Waals surface area (Å²) in [7, 11) is 0. The number of hydrogen-bond acceptors (Lipinski definition) is 4. The van der Waals surface area contributed by atoms with Crippen LogP contribution < -0.4 is 0 Å². The fourth-order valence-electron chi connectivity index (χ4n) is 3.30. The molecule has 0 bridgehead atoms. The number of carbonyl (C=O) groups is 2. The van der Waals surface area contributed by atoms with Gasteiger partial charge in [0.2, 0.25) is 11.8 Å². The molecule has 1 aliphatic heterocycles. The van der Waals surface area contributed by atoms with Crippen LogP contribution in [-0.4, -0.2) is 26.7 Å². The quantitative estimate of drug-likeness (QED) is 0.618. The number of halogens is 1. The van der Waals surface area contributed by atoms with Crippen LogP contribution in [0.5, 0.6) is 0 Å². The van der Waals surface area contributed by atoms with Crippen molar-refractivity contribution in [3.63, 3.8) is 0 Å². The molecule has 1 saturated heterocycles. The smallest absolute Gasteiger partial charge is 0.233 e. The maximum atomic E-state index is 12.3. The topological polar surface area (TPSA) is 63.2 Å². The summed E-state index contributed by atoms with van der Waals surface area (Å²) in [6.07, 6.45) is 1.61. The minimum atomic E-state index is -0.141. The zero-order valence-electron chi connectivity index (χ0n) is 11.5. The second-order valence-electron chi connectivity index (χ2n) is 5.80. The van der Waals surface area contributed by atoms with Crippen molar-refractivity contribution in [1.82, 2.24) is 14.9 Å². The van der Waals surface area contributed by atoms with Crippen LogP contribution in [0.1, 0.15) is 31.3 Å². The summed E-state index contributed by atoms with van der Waals surface area (Å²) in [5, 5.41) is 0.334. The molecule has 1 aliphatic carbocycles. The average Bonchev–Trinajstić information content (AvgIpc) is 2.83. The molecule has 2 fully saturated rings. The number of rotatable bonds is 2. The van der Waals surface area contributed by atoms with Gasteiger partial charge in [-0.05, 0) is 31.7 Å². The number of carbonyl (C=O) groups excluding carboxylic acids is 2. The lowest BCUT2D eigenvalue weighted by molar-refractivity contribution is -0.141. The summed E-state index contributed by atoms with van der Waals surface area (Å²) >= 11 is 5.88. The molecule has 2 amide bonds. The molecule has 2 heterocycles. The van der Waals surface area contributed by atoms with Gasteiger partial charge in [-0.1, -0.05) is 18.5 Å². The molecule has 3 rings (SSSR count). The number of hydrogen-bond donors (Lipinski definition) is 0. The second-order valence-corrected chi connectivity index (χ2v) is 6.19. The van der Waals surface area contributed by atoms with E-state index < -0.39 is 0 Å². The van der Waals surface area contributed by atoms with Gasteiger partial charge in [-0.25, -0.2) is 9.97 Å². The standard InChI is InChI=1S/C14H16ClN3O2/c1-7-3-9-10(4-7)14(20)18(13(9)19)6-12-16-8(2)5-11(15)17-12/h5,7,9-10H,3-4,6H2,1-2H3. The molecular formula is C14H16ClN3O2. The van der Waals surface area contributed by atoms with E-state index in [1.165, 1.54) is 4.90 Å². The molecule has 0 N–H and O–H groups in total. The highest BCUT2D eigenvalue weighted by molar-refractivity contribution is 6.29. The molecule has 106 valence electrons. The Kier molecular flexibility index (Phi) is 3.24. The van der Waals surface area contributed by atoms with Crippen LogP contribution in [0.25, 0.3) is 0 Å². The summed E-state index contributed by atoms with van der Waals surface area (Å²) in [5.74, 6) is 0.432. The summed E-state index contributed by atoms with van der Waals surface area (Å²) in [4.78, 5) is 34.3. The van der Waals surface area contributed by atoms with E-state index in [4.69, 9.17) is 11.6 Å². The van der Waals surface area contributed by atoms with Gasteiger partial charge in [0, 0.05) is 5.69 Å². The lowest BCUT2D eigenvalue weighted by atomic mass is 10.00. The SMILES string of the molecule is Cc1cc(Cl)nc(CN2C(=O)C3CC(C)CC3C2=O)n1. The molecule has 0 aromatic carbocycles. The van der Waals surface area contributed by atoms with Crippen molar-refractivity contribution in [3.8, 4) is 0 Å². The van der Waals surface area contributed by atoms with Gasteiger partial charge in [0.25, 0.3) is 0 Å². The van der Waals surface area contributed by atoms with Gasteiger partial charge in [-0.3, -0.25) is 14.5 Å². The highest BCUT2D eigenvalue weighted by atomic mass is 35.5. The lowest BCUT2D eigenvalue weighted by Crippen LogP contribution is -2.32. The molecule has 1 aromatic heterocycles. The monoisotopic (exact) mass is 293 g/mol. The normalized spacial score (nSPS) is 29.1. The zero-order valence-corrected chi connectivity index (χ0v) is 12.2. The largest absolute Gasteiger partial charge is 0.274 e. The molecule has 1 saturated carbocycles. The van der Waals surface area contributed by atoms with E-state index in [0.717, 1.165) is 18.5 Å². The van der Waals surface area contributed by atoms with Crippen molar-refractivity contribution in [2.45, 2.75) is 33.2 Å². The Balaban J connectivity index is 1.82. The van der Waals surface area contributed by atoms with Gasteiger partial charge >= 0.3 is 0 Å². The number of aryl methyl sites for hydroxylation is 1. The van der Waals surface area contributed by atoms with Crippen LogP contribution in [-0.2, 0) is 16.1 Å². The number of fused-ring (bicyclic) bond motifs is 1. The predicted octanol–water partition coefficient (Wildman–Crippen LogP) is 1.97. The Hall–Kier alpha value is -1.49. The molecule has 2 aliphatic rings. The van der Waals surface area contributed by atoms with Crippen LogP contribution in [0.4, 0.5) is 0 Å². The predicted molar refractivity (Wildman–Crippen MR) is 72.7 cm³/mol. The van der Waals surface area contributed by atoms with E-state index >= 15 is 0 Å². The van der Waals surface area contributed by atoms with Gasteiger partial charge in [0.05, 0.1) is 18.4 Å². The second kappa shape index (κ2) is 4.81. The van der Waals surface area contributed by atoms with E-state index in [1.54, 1.807) is 13.0 Å². The van der Waals surface area contributed by atoms with Crippen LogP contribution in [0.2, 0.25) is 5.15 Å². The third kappa shape index (κ3) is 2.20. The molecule has 5 nitrogen and oxygen atoms in total. The van der Waals surface area contributed by atoms with Crippen molar-refractivity contribution in [2.24, 2.45) is 17.8 Å². The van der Waals surface area contributed by atoms with Crippen LogP contribution in [0.15, 0.2) is 6.07 Å². The first-order chi connectivity index (χ1) is 9.45. The van der Waals surface area contributed by atoms with Crippen molar-refractivity contribution >= 4 is 23.4 Å². The maximum absolute atomic E-state index is 12.3. The minimum Gasteiger partial charge on any atom is -0.274 e. The molecule has 2 unspecified atom stereocenters. The molecule has 2 atom stereocenters. The Labute approximate surface area is 122 Å². The fourth-order valence-corrected chi connectivity index (χ4v) is 3.56.